The zero-order valence-electron chi connectivity index (χ0n) is 20.7. The number of hydrogen-bond donors (Lipinski definition) is 2. The van der Waals surface area contributed by atoms with Crippen molar-refractivity contribution >= 4 is 23.9 Å². The molecule has 10 heteroatoms. The molecule has 200 valence electrons. The monoisotopic (exact) mass is 505 g/mol. The standard InChI is InChI=1S/C25H35N3O7.CH4/c1-5-33-23-17(14-19(29)35-23)26-21(30)18-12-9-13-28(18)22(31)20(25(2,3)4)27-24(32)34-15-16-10-7-6-8-11-16;/h6-8,10-11,17-18,20,23H,5,9,12-15H2,1-4H3,(H,26,30)(H,27,32);1H4/t17-,18-,20+,23+;/m0./s1. The third-order valence-corrected chi connectivity index (χ3v) is 6.05. The van der Waals surface area contributed by atoms with Crippen LogP contribution in [0, 0.1) is 5.41 Å². The van der Waals surface area contributed by atoms with Gasteiger partial charge in [0.05, 0.1) is 6.42 Å². The van der Waals surface area contributed by atoms with Gasteiger partial charge in [-0.05, 0) is 30.7 Å². The van der Waals surface area contributed by atoms with E-state index in [0.29, 0.717) is 26.0 Å². The van der Waals surface area contributed by atoms with Gasteiger partial charge in [-0.15, -0.1) is 0 Å². The Hall–Kier alpha value is -3.14. The molecule has 3 rings (SSSR count). The summed E-state index contributed by atoms with van der Waals surface area (Å²) >= 11 is 0. The second-order valence-electron chi connectivity index (χ2n) is 9.83. The van der Waals surface area contributed by atoms with E-state index in [-0.39, 0.29) is 32.3 Å². The third-order valence-electron chi connectivity index (χ3n) is 6.05. The molecule has 0 saturated carbocycles. The summed E-state index contributed by atoms with van der Waals surface area (Å²) in [5.74, 6) is -1.17. The normalized spacial score (nSPS) is 22.3. The number of carbonyl (C=O) groups excluding carboxylic acids is 4. The highest BCUT2D eigenvalue weighted by Gasteiger charge is 2.44. The quantitative estimate of drug-likeness (QED) is 0.521. The van der Waals surface area contributed by atoms with Gasteiger partial charge in [0.15, 0.2) is 0 Å². The Morgan fingerprint density at radius 3 is 2.53 bits per heavy atom. The summed E-state index contributed by atoms with van der Waals surface area (Å²) in [6.07, 6.45) is -0.410. The molecule has 10 nitrogen and oxygen atoms in total. The number of ether oxygens (including phenoxy) is 3. The fourth-order valence-corrected chi connectivity index (χ4v) is 4.25. The maximum absolute atomic E-state index is 13.5. The second kappa shape index (κ2) is 12.7. The molecule has 0 radical (unpaired) electrons. The maximum atomic E-state index is 13.5. The van der Waals surface area contributed by atoms with Crippen molar-refractivity contribution in [2.45, 2.75) is 85.4 Å². The van der Waals surface area contributed by atoms with Crippen molar-refractivity contribution in [3.63, 3.8) is 0 Å². The van der Waals surface area contributed by atoms with Gasteiger partial charge in [0, 0.05) is 13.2 Å². The Morgan fingerprint density at radius 1 is 1.19 bits per heavy atom. The lowest BCUT2D eigenvalue weighted by atomic mass is 9.85. The number of benzene rings is 1. The predicted octanol–water partition coefficient (Wildman–Crippen LogP) is 2.75. The smallest absolute Gasteiger partial charge is 0.408 e. The minimum atomic E-state index is -0.897. The molecular formula is C26H39N3O7. The molecule has 2 fully saturated rings. The van der Waals surface area contributed by atoms with Gasteiger partial charge in [-0.1, -0.05) is 58.5 Å². The molecule has 4 atom stereocenters. The number of nitrogens with one attached hydrogen (secondary N) is 2. The van der Waals surface area contributed by atoms with E-state index in [1.807, 2.05) is 51.1 Å². The van der Waals surface area contributed by atoms with E-state index in [1.165, 1.54) is 4.90 Å². The predicted molar refractivity (Wildman–Crippen MR) is 133 cm³/mol. The number of alkyl carbamates (subject to hydrolysis) is 1. The molecule has 2 saturated heterocycles. The van der Waals surface area contributed by atoms with Gasteiger partial charge in [-0.2, -0.15) is 0 Å². The van der Waals surface area contributed by atoms with Crippen LogP contribution in [0.1, 0.15) is 59.9 Å². The summed E-state index contributed by atoms with van der Waals surface area (Å²) in [5, 5.41) is 5.51. The molecule has 0 aliphatic carbocycles. The summed E-state index contributed by atoms with van der Waals surface area (Å²) < 4.78 is 15.8. The highest BCUT2D eigenvalue weighted by atomic mass is 16.7. The van der Waals surface area contributed by atoms with Gasteiger partial charge in [-0.25, -0.2) is 4.79 Å². The highest BCUT2D eigenvalue weighted by molar-refractivity contribution is 5.92. The Balaban J connectivity index is 0.00000456. The lowest BCUT2D eigenvalue weighted by Crippen LogP contribution is -2.58. The maximum Gasteiger partial charge on any atom is 0.408 e. The van der Waals surface area contributed by atoms with Crippen LogP contribution in [0.2, 0.25) is 0 Å². The van der Waals surface area contributed by atoms with Crippen LogP contribution in [-0.2, 0) is 35.2 Å². The van der Waals surface area contributed by atoms with Gasteiger partial charge in [0.2, 0.25) is 18.1 Å². The average Bonchev–Trinajstić information content (AvgIpc) is 3.42. The molecule has 2 N–H and O–H groups in total. The zero-order chi connectivity index (χ0) is 25.6. The van der Waals surface area contributed by atoms with Gasteiger partial charge in [-0.3, -0.25) is 14.4 Å². The van der Waals surface area contributed by atoms with Crippen LogP contribution in [0.4, 0.5) is 4.79 Å². The Kier molecular flexibility index (Phi) is 10.3. The molecule has 1 aromatic carbocycles. The zero-order valence-corrected chi connectivity index (χ0v) is 20.7. The van der Waals surface area contributed by atoms with Crippen molar-refractivity contribution < 1.29 is 33.4 Å². The Labute approximate surface area is 213 Å². The Bertz CT molecular complexity index is 916. The van der Waals surface area contributed by atoms with Crippen LogP contribution < -0.4 is 10.6 Å². The summed E-state index contributed by atoms with van der Waals surface area (Å²) in [4.78, 5) is 52.3. The molecule has 2 aliphatic rings. The van der Waals surface area contributed by atoms with E-state index in [4.69, 9.17) is 14.2 Å². The lowest BCUT2D eigenvalue weighted by molar-refractivity contribution is -0.164. The van der Waals surface area contributed by atoms with Crippen LogP contribution >= 0.6 is 0 Å². The van der Waals surface area contributed by atoms with E-state index in [1.54, 1.807) is 6.92 Å². The molecule has 3 amide bonds. The first kappa shape index (κ1) is 29.1. The van der Waals surface area contributed by atoms with E-state index in [0.717, 1.165) is 5.56 Å². The van der Waals surface area contributed by atoms with Crippen LogP contribution in [0.5, 0.6) is 0 Å². The van der Waals surface area contributed by atoms with Crippen molar-refractivity contribution in [2.75, 3.05) is 13.2 Å². The van der Waals surface area contributed by atoms with Gasteiger partial charge in [0.25, 0.3) is 0 Å². The van der Waals surface area contributed by atoms with Crippen LogP contribution in [0.3, 0.4) is 0 Å². The fraction of sp³-hybridized carbons (Fsp3) is 0.615. The number of esters is 1. The number of likely N-dealkylation sites (tertiary alicyclic amines) is 1. The van der Waals surface area contributed by atoms with Gasteiger partial charge < -0.3 is 29.7 Å². The summed E-state index contributed by atoms with van der Waals surface area (Å²) in [7, 11) is 0. The second-order valence-corrected chi connectivity index (χ2v) is 9.83. The average molecular weight is 506 g/mol. The number of cyclic esters (lactones) is 1. The van der Waals surface area contributed by atoms with Gasteiger partial charge in [0.1, 0.15) is 24.7 Å². The molecule has 2 aliphatic heterocycles. The first-order valence-corrected chi connectivity index (χ1v) is 12.0. The molecule has 0 spiro atoms. The minimum Gasteiger partial charge on any atom is -0.445 e. The minimum absolute atomic E-state index is 0. The van der Waals surface area contributed by atoms with Crippen LogP contribution in [0.25, 0.3) is 0 Å². The lowest BCUT2D eigenvalue weighted by Gasteiger charge is -2.35. The molecule has 1 aromatic rings. The summed E-state index contributed by atoms with van der Waals surface area (Å²) in [6, 6.07) is 7.02. The molecule has 0 bridgehead atoms. The fourth-order valence-electron chi connectivity index (χ4n) is 4.25. The topological polar surface area (TPSA) is 123 Å². The number of rotatable bonds is 8. The van der Waals surface area contributed by atoms with E-state index >= 15 is 0 Å². The summed E-state index contributed by atoms with van der Waals surface area (Å²) in [6.45, 7) is 8.09. The molecule has 0 aromatic heterocycles. The number of hydrogen-bond acceptors (Lipinski definition) is 7. The molecular weight excluding hydrogens is 466 g/mol. The van der Waals surface area contributed by atoms with Crippen molar-refractivity contribution in [3.8, 4) is 0 Å². The van der Waals surface area contributed by atoms with Gasteiger partial charge >= 0.3 is 12.1 Å². The van der Waals surface area contributed by atoms with E-state index < -0.39 is 41.9 Å². The first-order valence-electron chi connectivity index (χ1n) is 12.0. The number of amides is 3. The summed E-state index contributed by atoms with van der Waals surface area (Å²) in [5.41, 5.74) is 0.204. The Morgan fingerprint density at radius 2 is 1.89 bits per heavy atom. The number of carbonyl (C=O) groups is 4. The first-order chi connectivity index (χ1) is 16.6. The van der Waals surface area contributed by atoms with Crippen molar-refractivity contribution in [1.82, 2.24) is 15.5 Å². The SMILES string of the molecule is C.CCO[C@@H]1OC(=O)C[C@@H]1NC(=O)[C@@H]1CCCN1C(=O)[C@@H](NC(=O)OCc1ccccc1)C(C)(C)C. The third kappa shape index (κ3) is 7.43. The number of nitrogens with zero attached hydrogens (tertiary/aromatic N) is 1. The van der Waals surface area contributed by atoms with Crippen molar-refractivity contribution in [1.29, 1.82) is 0 Å². The molecule has 0 unspecified atom stereocenters. The largest absolute Gasteiger partial charge is 0.445 e. The van der Waals surface area contributed by atoms with E-state index in [2.05, 4.69) is 10.6 Å². The van der Waals surface area contributed by atoms with Crippen molar-refractivity contribution in [2.24, 2.45) is 5.41 Å². The highest BCUT2D eigenvalue weighted by Crippen LogP contribution is 2.27. The molecule has 36 heavy (non-hydrogen) atoms. The van der Waals surface area contributed by atoms with E-state index in [9.17, 15) is 19.2 Å². The van der Waals surface area contributed by atoms with Crippen molar-refractivity contribution in [3.05, 3.63) is 35.9 Å². The van der Waals surface area contributed by atoms with Crippen LogP contribution in [-0.4, -0.2) is 66.3 Å². The van der Waals surface area contributed by atoms with Crippen LogP contribution in [0.15, 0.2) is 30.3 Å². The molecule has 2 heterocycles.